The zero-order chi connectivity index (χ0) is 23.2. The summed E-state index contributed by atoms with van der Waals surface area (Å²) in [4.78, 5) is 18.7. The van der Waals surface area contributed by atoms with Crippen LogP contribution in [0.15, 0.2) is 58.9 Å². The zero-order valence-electron chi connectivity index (χ0n) is 19.4. The van der Waals surface area contributed by atoms with E-state index >= 15 is 0 Å². The first kappa shape index (κ1) is 22.6. The Morgan fingerprint density at radius 3 is 2.91 bits per heavy atom. The van der Waals surface area contributed by atoms with Gasteiger partial charge >= 0.3 is 6.03 Å². The van der Waals surface area contributed by atoms with E-state index < -0.39 is 0 Å². The molecule has 172 valence electrons. The number of amides is 2. The Labute approximate surface area is 194 Å². The van der Waals surface area contributed by atoms with E-state index in [-0.39, 0.29) is 11.9 Å². The molecule has 1 N–H and O–H groups in total. The number of piperidine rings is 1. The minimum Gasteiger partial charge on any atom is -0.493 e. The molecule has 3 aromatic rings. The summed E-state index contributed by atoms with van der Waals surface area (Å²) < 4.78 is 11.1. The molecule has 2 aromatic heterocycles. The van der Waals surface area contributed by atoms with E-state index in [9.17, 15) is 4.79 Å². The van der Waals surface area contributed by atoms with Gasteiger partial charge in [0.1, 0.15) is 11.5 Å². The second-order valence-corrected chi connectivity index (χ2v) is 8.49. The monoisotopic (exact) mass is 446 g/mol. The summed E-state index contributed by atoms with van der Waals surface area (Å²) in [6.07, 6.45) is 7.52. The van der Waals surface area contributed by atoms with E-state index in [1.807, 2.05) is 43.1 Å². The minimum absolute atomic E-state index is 0.138. The number of urea groups is 1. The number of aryl methyl sites for hydroxylation is 1. The number of hydrogen-bond acceptors (Lipinski definition) is 5. The van der Waals surface area contributed by atoms with Gasteiger partial charge in [-0.3, -0.25) is 10.3 Å². The quantitative estimate of drug-likeness (QED) is 0.558. The van der Waals surface area contributed by atoms with Gasteiger partial charge in [-0.2, -0.15) is 0 Å². The van der Waals surface area contributed by atoms with Gasteiger partial charge in [0.15, 0.2) is 5.82 Å². The molecule has 0 bridgehead atoms. The van der Waals surface area contributed by atoms with Crippen LogP contribution in [0.2, 0.25) is 0 Å². The molecule has 1 aromatic carbocycles. The van der Waals surface area contributed by atoms with Crippen molar-refractivity contribution in [1.82, 2.24) is 15.0 Å². The fourth-order valence-electron chi connectivity index (χ4n) is 3.90. The van der Waals surface area contributed by atoms with E-state index in [2.05, 4.69) is 46.7 Å². The van der Waals surface area contributed by atoms with Crippen molar-refractivity contribution >= 4 is 17.9 Å². The molecule has 0 saturated carbocycles. The lowest BCUT2D eigenvalue weighted by Crippen LogP contribution is -2.42. The van der Waals surface area contributed by atoms with Crippen molar-refractivity contribution < 1.29 is 14.1 Å². The first-order chi connectivity index (χ1) is 16.0. The Kier molecular flexibility index (Phi) is 7.07. The maximum atomic E-state index is 12.7. The molecule has 2 amide bonds. The summed E-state index contributed by atoms with van der Waals surface area (Å²) in [5.74, 6) is 2.33. The SMILES string of the molecule is Cc1onc(NC(=O)N2CC/C(=C\c3cccc(OCCc4cccnc4)c3)C(C)C2)c1C. The number of ether oxygens (including phenoxy) is 1. The van der Waals surface area contributed by atoms with Gasteiger partial charge in [0, 0.05) is 37.5 Å². The highest BCUT2D eigenvalue weighted by molar-refractivity contribution is 5.89. The molecule has 0 spiro atoms. The number of benzene rings is 1. The summed E-state index contributed by atoms with van der Waals surface area (Å²) >= 11 is 0. The highest BCUT2D eigenvalue weighted by Crippen LogP contribution is 2.27. The lowest BCUT2D eigenvalue weighted by atomic mass is 9.91. The molecule has 1 unspecified atom stereocenters. The second kappa shape index (κ2) is 10.3. The number of aromatic nitrogens is 2. The Morgan fingerprint density at radius 1 is 1.30 bits per heavy atom. The smallest absolute Gasteiger partial charge is 0.323 e. The van der Waals surface area contributed by atoms with Gasteiger partial charge in [-0.15, -0.1) is 0 Å². The normalized spacial score (nSPS) is 17.2. The Morgan fingerprint density at radius 2 is 2.18 bits per heavy atom. The third kappa shape index (κ3) is 5.80. The van der Waals surface area contributed by atoms with Crippen molar-refractivity contribution in [3.8, 4) is 5.75 Å². The van der Waals surface area contributed by atoms with Gasteiger partial charge < -0.3 is 14.2 Å². The van der Waals surface area contributed by atoms with E-state index in [1.54, 1.807) is 6.20 Å². The Hall–Kier alpha value is -3.61. The molecular formula is C26H30N4O3. The van der Waals surface area contributed by atoms with Crippen molar-refractivity contribution in [2.24, 2.45) is 5.92 Å². The van der Waals surface area contributed by atoms with Crippen molar-refractivity contribution in [2.75, 3.05) is 25.0 Å². The van der Waals surface area contributed by atoms with Crippen LogP contribution in [0.5, 0.6) is 5.75 Å². The minimum atomic E-state index is -0.138. The van der Waals surface area contributed by atoms with Crippen molar-refractivity contribution in [3.05, 3.63) is 76.8 Å². The summed E-state index contributed by atoms with van der Waals surface area (Å²) in [5.41, 5.74) is 4.47. The molecule has 4 rings (SSSR count). The van der Waals surface area contributed by atoms with Gasteiger partial charge in [-0.05, 0) is 55.5 Å². The number of nitrogens with zero attached hydrogens (tertiary/aromatic N) is 3. The van der Waals surface area contributed by atoms with Gasteiger partial charge in [0.2, 0.25) is 0 Å². The largest absolute Gasteiger partial charge is 0.493 e. The number of carbonyl (C=O) groups is 1. The lowest BCUT2D eigenvalue weighted by molar-refractivity contribution is 0.197. The lowest BCUT2D eigenvalue weighted by Gasteiger charge is -2.33. The van der Waals surface area contributed by atoms with Crippen LogP contribution in [0.3, 0.4) is 0 Å². The molecule has 3 heterocycles. The van der Waals surface area contributed by atoms with E-state index in [1.165, 1.54) is 5.57 Å². The van der Waals surface area contributed by atoms with Crippen LogP contribution in [-0.2, 0) is 6.42 Å². The van der Waals surface area contributed by atoms with Gasteiger partial charge in [-0.25, -0.2) is 4.79 Å². The molecule has 33 heavy (non-hydrogen) atoms. The van der Waals surface area contributed by atoms with Crippen LogP contribution in [0.25, 0.3) is 6.08 Å². The van der Waals surface area contributed by atoms with Gasteiger partial charge in [0.25, 0.3) is 0 Å². The summed E-state index contributed by atoms with van der Waals surface area (Å²) in [5, 5.41) is 6.79. The third-order valence-corrected chi connectivity index (χ3v) is 6.06. The standard InChI is InChI=1S/C26H30N4O3/c1-18-17-30(26(31)28-25-19(2)20(3)33-29-25)12-9-23(18)14-22-6-4-8-24(15-22)32-13-10-21-7-5-11-27-16-21/h4-8,11,14-16,18H,9-10,12-13,17H2,1-3H3,(H,28,29,31)/b23-14+. The molecule has 1 atom stereocenters. The summed E-state index contributed by atoms with van der Waals surface area (Å²) in [6.45, 7) is 7.81. The Bertz CT molecular complexity index is 1120. The fraction of sp³-hybridized carbons (Fsp3) is 0.346. The molecule has 7 nitrogen and oxygen atoms in total. The first-order valence-corrected chi connectivity index (χ1v) is 11.3. The maximum absolute atomic E-state index is 12.7. The van der Waals surface area contributed by atoms with Crippen LogP contribution in [0.1, 0.15) is 35.8 Å². The average Bonchev–Trinajstić information content (AvgIpc) is 3.13. The number of rotatable bonds is 6. The molecule has 1 saturated heterocycles. The summed E-state index contributed by atoms with van der Waals surface area (Å²) in [6, 6.07) is 12.0. The van der Waals surface area contributed by atoms with Crippen LogP contribution < -0.4 is 10.1 Å². The molecule has 1 fully saturated rings. The molecular weight excluding hydrogens is 416 g/mol. The number of pyridine rings is 1. The van der Waals surface area contributed by atoms with Gasteiger partial charge in [-0.1, -0.05) is 41.9 Å². The fourth-order valence-corrected chi connectivity index (χ4v) is 3.90. The summed E-state index contributed by atoms with van der Waals surface area (Å²) in [7, 11) is 0. The third-order valence-electron chi connectivity index (χ3n) is 6.06. The van der Waals surface area contributed by atoms with Crippen LogP contribution in [-0.4, -0.2) is 40.8 Å². The van der Waals surface area contributed by atoms with Crippen LogP contribution >= 0.6 is 0 Å². The van der Waals surface area contributed by atoms with Crippen molar-refractivity contribution in [1.29, 1.82) is 0 Å². The van der Waals surface area contributed by atoms with Gasteiger partial charge in [0.05, 0.1) is 6.61 Å². The molecule has 1 aliphatic heterocycles. The predicted octanol–water partition coefficient (Wildman–Crippen LogP) is 5.27. The number of nitrogens with one attached hydrogen (secondary N) is 1. The highest BCUT2D eigenvalue weighted by atomic mass is 16.5. The van der Waals surface area contributed by atoms with E-state index in [4.69, 9.17) is 9.26 Å². The number of likely N-dealkylation sites (tertiary alicyclic amines) is 1. The zero-order valence-corrected chi connectivity index (χ0v) is 19.4. The predicted molar refractivity (Wildman–Crippen MR) is 128 cm³/mol. The van der Waals surface area contributed by atoms with E-state index in [0.29, 0.717) is 31.3 Å². The number of hydrogen-bond donors (Lipinski definition) is 1. The maximum Gasteiger partial charge on any atom is 0.323 e. The topological polar surface area (TPSA) is 80.5 Å². The second-order valence-electron chi connectivity index (χ2n) is 8.49. The molecule has 0 radical (unpaired) electrons. The van der Waals surface area contributed by atoms with Crippen molar-refractivity contribution in [3.63, 3.8) is 0 Å². The molecule has 1 aliphatic rings. The first-order valence-electron chi connectivity index (χ1n) is 11.3. The van der Waals surface area contributed by atoms with Crippen molar-refractivity contribution in [2.45, 2.75) is 33.6 Å². The molecule has 0 aliphatic carbocycles. The average molecular weight is 447 g/mol. The van der Waals surface area contributed by atoms with E-state index in [0.717, 1.165) is 35.3 Å². The Balaban J connectivity index is 1.32. The number of anilines is 1. The molecule has 7 heteroatoms. The number of carbonyl (C=O) groups excluding carboxylic acids is 1. The highest BCUT2D eigenvalue weighted by Gasteiger charge is 2.25. The van der Waals surface area contributed by atoms with Crippen LogP contribution in [0, 0.1) is 19.8 Å². The van der Waals surface area contributed by atoms with Crippen LogP contribution in [0.4, 0.5) is 10.6 Å².